The molecule has 8 nitrogen and oxygen atoms in total. The minimum absolute atomic E-state index is 0.0413. The number of nitrogens with zero attached hydrogens (tertiary/aromatic N) is 3. The van der Waals surface area contributed by atoms with Crippen LogP contribution in [0.2, 0.25) is 0 Å². The van der Waals surface area contributed by atoms with Gasteiger partial charge in [0.1, 0.15) is 23.8 Å². The molecule has 2 aromatic rings. The number of amides is 1. The molecule has 1 saturated heterocycles. The molecular weight excluding hydrogens is 456 g/mol. The minimum atomic E-state index is -0.161. The SMILES string of the molecule is COc1cc2c(cc1NC(C)=O)OCC1C2=NOC1CN1CCN(C/C(C)=C/c2ccccc2)CC1. The molecule has 3 heterocycles. The molecule has 1 fully saturated rings. The van der Waals surface area contributed by atoms with Crippen molar-refractivity contribution < 1.29 is 19.1 Å². The Bertz CT molecular complexity index is 1160. The molecule has 8 heteroatoms. The van der Waals surface area contributed by atoms with Crippen molar-refractivity contribution in [3.05, 3.63) is 59.2 Å². The van der Waals surface area contributed by atoms with E-state index in [1.807, 2.05) is 12.1 Å². The van der Waals surface area contributed by atoms with Crippen molar-refractivity contribution in [3.8, 4) is 11.5 Å². The Morgan fingerprint density at radius 1 is 1.14 bits per heavy atom. The molecule has 2 unspecified atom stereocenters. The first-order chi connectivity index (χ1) is 17.5. The summed E-state index contributed by atoms with van der Waals surface area (Å²) in [5, 5.41) is 7.25. The molecule has 0 saturated carbocycles. The summed E-state index contributed by atoms with van der Waals surface area (Å²) in [5.41, 5.74) is 4.98. The highest BCUT2D eigenvalue weighted by Gasteiger charge is 2.41. The van der Waals surface area contributed by atoms with Gasteiger partial charge >= 0.3 is 0 Å². The van der Waals surface area contributed by atoms with Gasteiger partial charge in [-0.3, -0.25) is 14.6 Å². The van der Waals surface area contributed by atoms with E-state index in [9.17, 15) is 4.79 Å². The monoisotopic (exact) mass is 490 g/mol. The fourth-order valence-electron chi connectivity index (χ4n) is 5.17. The number of hydrogen-bond donors (Lipinski definition) is 1. The number of benzene rings is 2. The number of piperazine rings is 1. The molecule has 2 aromatic carbocycles. The second-order valence-corrected chi connectivity index (χ2v) is 9.75. The van der Waals surface area contributed by atoms with Crippen LogP contribution in [0.4, 0.5) is 5.69 Å². The van der Waals surface area contributed by atoms with Gasteiger partial charge in [-0.05, 0) is 18.6 Å². The quantitative estimate of drug-likeness (QED) is 0.641. The Kier molecular flexibility index (Phi) is 7.25. The maximum absolute atomic E-state index is 11.5. The molecule has 2 atom stereocenters. The molecule has 3 aliphatic heterocycles. The molecule has 0 bridgehead atoms. The normalized spacial score (nSPS) is 22.1. The van der Waals surface area contributed by atoms with Crippen LogP contribution in [0.3, 0.4) is 0 Å². The van der Waals surface area contributed by atoms with Crippen molar-refractivity contribution in [1.29, 1.82) is 0 Å². The molecule has 0 spiro atoms. The number of oxime groups is 1. The molecule has 190 valence electrons. The Morgan fingerprint density at radius 3 is 2.61 bits per heavy atom. The van der Waals surface area contributed by atoms with Gasteiger partial charge in [0, 0.05) is 57.8 Å². The van der Waals surface area contributed by atoms with Crippen molar-refractivity contribution in [2.75, 3.05) is 58.3 Å². The van der Waals surface area contributed by atoms with Gasteiger partial charge in [0.05, 0.1) is 18.7 Å². The van der Waals surface area contributed by atoms with Crippen molar-refractivity contribution >= 4 is 23.4 Å². The van der Waals surface area contributed by atoms with E-state index >= 15 is 0 Å². The van der Waals surface area contributed by atoms with Gasteiger partial charge in [-0.25, -0.2) is 0 Å². The number of fused-ring (bicyclic) bond motifs is 3. The van der Waals surface area contributed by atoms with E-state index in [1.165, 1.54) is 18.1 Å². The van der Waals surface area contributed by atoms with Crippen molar-refractivity contribution in [3.63, 3.8) is 0 Å². The topological polar surface area (TPSA) is 75.6 Å². The van der Waals surface area contributed by atoms with Crippen LogP contribution in [0.15, 0.2) is 53.2 Å². The Labute approximate surface area is 212 Å². The lowest BCUT2D eigenvalue weighted by Crippen LogP contribution is -2.50. The Morgan fingerprint density at radius 2 is 1.89 bits per heavy atom. The van der Waals surface area contributed by atoms with E-state index in [-0.39, 0.29) is 17.9 Å². The summed E-state index contributed by atoms with van der Waals surface area (Å²) in [6.45, 7) is 10.1. The van der Waals surface area contributed by atoms with Gasteiger partial charge in [0.25, 0.3) is 0 Å². The minimum Gasteiger partial charge on any atom is -0.495 e. The van der Waals surface area contributed by atoms with E-state index in [1.54, 1.807) is 13.2 Å². The summed E-state index contributed by atoms with van der Waals surface area (Å²) in [7, 11) is 1.59. The van der Waals surface area contributed by atoms with Crippen LogP contribution in [0.25, 0.3) is 6.08 Å². The molecule has 0 aliphatic carbocycles. The first kappa shape index (κ1) is 24.3. The molecule has 1 amide bonds. The van der Waals surface area contributed by atoms with E-state index < -0.39 is 0 Å². The summed E-state index contributed by atoms with van der Waals surface area (Å²) in [6, 6.07) is 14.2. The molecule has 1 N–H and O–H groups in total. The largest absolute Gasteiger partial charge is 0.495 e. The molecule has 0 radical (unpaired) electrons. The number of ether oxygens (including phenoxy) is 2. The maximum atomic E-state index is 11.5. The Balaban J connectivity index is 1.16. The molecular formula is C28H34N4O4. The Hall–Kier alpha value is -3.36. The molecule has 5 rings (SSSR count). The number of anilines is 1. The summed E-state index contributed by atoms with van der Waals surface area (Å²) >= 11 is 0. The highest BCUT2D eigenvalue weighted by atomic mass is 16.6. The zero-order chi connectivity index (χ0) is 25.1. The zero-order valence-electron chi connectivity index (χ0n) is 21.2. The zero-order valence-corrected chi connectivity index (χ0v) is 21.2. The van der Waals surface area contributed by atoms with Gasteiger partial charge in [0.15, 0.2) is 6.10 Å². The number of methoxy groups -OCH3 is 1. The van der Waals surface area contributed by atoms with Crippen molar-refractivity contribution in [2.24, 2.45) is 11.1 Å². The fraction of sp³-hybridized carbons (Fsp3) is 0.429. The van der Waals surface area contributed by atoms with Crippen LogP contribution in [-0.4, -0.2) is 80.5 Å². The smallest absolute Gasteiger partial charge is 0.221 e. The van der Waals surface area contributed by atoms with Crippen LogP contribution in [-0.2, 0) is 9.63 Å². The van der Waals surface area contributed by atoms with Gasteiger partial charge in [-0.1, -0.05) is 47.1 Å². The van der Waals surface area contributed by atoms with Crippen LogP contribution in [0.1, 0.15) is 25.0 Å². The molecule has 3 aliphatic rings. The van der Waals surface area contributed by atoms with Crippen LogP contribution < -0.4 is 14.8 Å². The van der Waals surface area contributed by atoms with Crippen molar-refractivity contribution in [1.82, 2.24) is 9.80 Å². The third-order valence-corrected chi connectivity index (χ3v) is 6.98. The van der Waals surface area contributed by atoms with Crippen LogP contribution >= 0.6 is 0 Å². The third-order valence-electron chi connectivity index (χ3n) is 6.98. The fourth-order valence-corrected chi connectivity index (χ4v) is 5.17. The summed E-state index contributed by atoms with van der Waals surface area (Å²) in [4.78, 5) is 22.4. The van der Waals surface area contributed by atoms with E-state index in [0.717, 1.165) is 50.5 Å². The van der Waals surface area contributed by atoms with E-state index in [4.69, 9.17) is 14.3 Å². The lowest BCUT2D eigenvalue weighted by Gasteiger charge is -2.36. The predicted molar refractivity (Wildman–Crippen MR) is 141 cm³/mol. The number of rotatable bonds is 7. The highest BCUT2D eigenvalue weighted by molar-refractivity contribution is 6.07. The third kappa shape index (κ3) is 5.39. The first-order valence-corrected chi connectivity index (χ1v) is 12.5. The van der Waals surface area contributed by atoms with E-state index in [2.05, 4.69) is 57.5 Å². The highest BCUT2D eigenvalue weighted by Crippen LogP contribution is 2.40. The van der Waals surface area contributed by atoms with Gasteiger partial charge in [-0.15, -0.1) is 0 Å². The van der Waals surface area contributed by atoms with Crippen LogP contribution in [0.5, 0.6) is 11.5 Å². The summed E-state index contributed by atoms with van der Waals surface area (Å²) in [5.74, 6) is 1.17. The average Bonchev–Trinajstić information content (AvgIpc) is 3.28. The maximum Gasteiger partial charge on any atom is 0.221 e. The first-order valence-electron chi connectivity index (χ1n) is 12.5. The number of hydrogen-bond acceptors (Lipinski definition) is 7. The lowest BCUT2D eigenvalue weighted by atomic mass is 9.89. The number of nitrogens with one attached hydrogen (secondary N) is 1. The van der Waals surface area contributed by atoms with Crippen molar-refractivity contribution in [2.45, 2.75) is 20.0 Å². The standard InChI is InChI=1S/C28H34N4O4/c1-19(13-21-7-5-4-6-8-21)16-31-9-11-32(12-10-31)17-27-23-18-35-25-15-24(29-20(2)33)26(34-3)14-22(25)28(23)30-36-27/h4-8,13-15,23,27H,9-12,16-18H2,1-3H3,(H,29,33)/b19-13+. The lowest BCUT2D eigenvalue weighted by molar-refractivity contribution is -0.114. The van der Waals surface area contributed by atoms with Gasteiger partial charge < -0.3 is 19.6 Å². The summed E-state index contributed by atoms with van der Waals surface area (Å²) in [6.07, 6.45) is 2.23. The van der Waals surface area contributed by atoms with Crippen LogP contribution in [0, 0.1) is 5.92 Å². The van der Waals surface area contributed by atoms with E-state index in [0.29, 0.717) is 23.8 Å². The van der Waals surface area contributed by atoms with Gasteiger partial charge in [-0.2, -0.15) is 0 Å². The average molecular weight is 491 g/mol. The summed E-state index contributed by atoms with van der Waals surface area (Å²) < 4.78 is 11.6. The second kappa shape index (κ2) is 10.7. The molecule has 36 heavy (non-hydrogen) atoms. The second-order valence-electron chi connectivity index (χ2n) is 9.75. The number of carbonyl (C=O) groups excluding carboxylic acids is 1. The number of carbonyl (C=O) groups is 1. The predicted octanol–water partition coefficient (Wildman–Crippen LogP) is 3.49. The molecule has 0 aromatic heterocycles. The van der Waals surface area contributed by atoms with Gasteiger partial charge in [0.2, 0.25) is 5.91 Å².